The van der Waals surface area contributed by atoms with Crippen molar-refractivity contribution in [1.29, 1.82) is 0 Å². The second-order valence-corrected chi connectivity index (χ2v) is 2.43. The Kier molecular flexibility index (Phi) is 10.4. The largest absolute Gasteiger partial charge is 0.346 e. The normalized spacial score (nSPS) is 12.3. The Labute approximate surface area is 56.9 Å². The molecule has 0 spiro atoms. The summed E-state index contributed by atoms with van der Waals surface area (Å²) in [4.78, 5) is 8.10. The first kappa shape index (κ1) is 10.7. The van der Waals surface area contributed by atoms with E-state index in [1.165, 1.54) is 0 Å². The summed E-state index contributed by atoms with van der Waals surface area (Å²) in [5, 5.41) is 0. The van der Waals surface area contributed by atoms with E-state index in [9.17, 15) is 4.57 Å². The number of rotatable bonds is 2. The van der Waals surface area contributed by atoms with Gasteiger partial charge in [0.1, 0.15) is 0 Å². The van der Waals surface area contributed by atoms with Crippen molar-refractivity contribution in [2.75, 3.05) is 6.16 Å². The number of hydrogen-bond donors (Lipinski definition) is 1. The average Bonchev–Trinajstić information content (AvgIpc) is 1.35. The molecule has 0 saturated heterocycles. The molecule has 2 nitrogen and oxygen atoms in total. The van der Waals surface area contributed by atoms with E-state index in [-0.39, 0.29) is 19.5 Å². The zero-order valence-corrected chi connectivity index (χ0v) is 8.44. The van der Waals surface area contributed by atoms with E-state index in [0.717, 1.165) is 6.42 Å². The summed E-state index contributed by atoms with van der Waals surface area (Å²) >= 11 is 0. The minimum atomic E-state index is -2.14. The van der Waals surface area contributed by atoms with E-state index in [1.54, 1.807) is 0 Å². The first-order valence-electron chi connectivity index (χ1n) is 1.99. The van der Waals surface area contributed by atoms with Crippen molar-refractivity contribution >= 4 is 8.03 Å². The zero-order chi connectivity index (χ0) is 4.99. The van der Waals surface area contributed by atoms with Gasteiger partial charge < -0.3 is 4.89 Å². The summed E-state index contributed by atoms with van der Waals surface area (Å²) in [7, 11) is -2.14. The van der Waals surface area contributed by atoms with Crippen molar-refractivity contribution in [3.63, 3.8) is 0 Å². The molecule has 40 valence electrons. The van der Waals surface area contributed by atoms with Crippen molar-refractivity contribution in [2.24, 2.45) is 0 Å². The van der Waals surface area contributed by atoms with Gasteiger partial charge in [0, 0.05) is 25.6 Å². The van der Waals surface area contributed by atoms with Gasteiger partial charge in [-0.15, -0.1) is 0 Å². The molecule has 1 atom stereocenters. The molecule has 0 aliphatic heterocycles. The zero-order valence-electron chi connectivity index (χ0n) is 4.48. The van der Waals surface area contributed by atoms with Crippen LogP contribution in [-0.4, -0.2) is 11.1 Å². The summed E-state index contributed by atoms with van der Waals surface area (Å²) < 4.78 is 9.78. The molecule has 0 amide bonds. The molecule has 0 aliphatic rings. The molecule has 1 N–H and O–H groups in total. The maximum Gasteiger partial charge on any atom is 0.189 e. The third kappa shape index (κ3) is 10.9. The van der Waals surface area contributed by atoms with Crippen LogP contribution in [0.1, 0.15) is 13.3 Å². The van der Waals surface area contributed by atoms with Crippen LogP contribution in [0.5, 0.6) is 0 Å². The van der Waals surface area contributed by atoms with Crippen molar-refractivity contribution < 1.29 is 28.9 Å². The van der Waals surface area contributed by atoms with Crippen molar-refractivity contribution in [3.8, 4) is 0 Å². The smallest absolute Gasteiger partial charge is 0.189 e. The van der Waals surface area contributed by atoms with Gasteiger partial charge >= 0.3 is 0 Å². The Morgan fingerprint density at radius 3 is 2.14 bits per heavy atom. The maximum absolute atomic E-state index is 9.78. The molecule has 0 rings (SSSR count). The molecule has 0 bridgehead atoms. The van der Waals surface area contributed by atoms with Gasteiger partial charge in [0.2, 0.25) is 0 Å². The molecule has 0 aromatic heterocycles. The van der Waals surface area contributed by atoms with Gasteiger partial charge in [0.05, 0.1) is 0 Å². The summed E-state index contributed by atoms with van der Waals surface area (Å²) in [6.45, 7) is 1.89. The average molecular weight is 173 g/mol. The molecule has 0 saturated carbocycles. The Balaban J connectivity index is 0. The van der Waals surface area contributed by atoms with Crippen LogP contribution in [0.25, 0.3) is 0 Å². The molecule has 1 unspecified atom stereocenters. The van der Waals surface area contributed by atoms with Gasteiger partial charge in [0.25, 0.3) is 0 Å². The molecule has 0 fully saturated rings. The van der Waals surface area contributed by atoms with E-state index >= 15 is 0 Å². The minimum Gasteiger partial charge on any atom is -0.346 e. The van der Waals surface area contributed by atoms with Gasteiger partial charge in [-0.2, -0.15) is 0 Å². The standard InChI is InChI=1S/C3H9O2P.Zn/c1-2-3-6(4)5;/h6H,2-3H2,1H3,(H,4,5);. The van der Waals surface area contributed by atoms with Gasteiger partial charge in [-0.1, -0.05) is 6.92 Å². The van der Waals surface area contributed by atoms with Crippen LogP contribution in [0.15, 0.2) is 0 Å². The van der Waals surface area contributed by atoms with Crippen molar-refractivity contribution in [3.05, 3.63) is 0 Å². The fraction of sp³-hybridized carbons (Fsp3) is 1.00. The van der Waals surface area contributed by atoms with Crippen molar-refractivity contribution in [1.82, 2.24) is 0 Å². The predicted octanol–water partition coefficient (Wildman–Crippen LogP) is 0.861. The molecule has 7 heavy (non-hydrogen) atoms. The van der Waals surface area contributed by atoms with E-state index < -0.39 is 8.03 Å². The van der Waals surface area contributed by atoms with Gasteiger partial charge in [0.15, 0.2) is 8.03 Å². The fourth-order valence-electron chi connectivity index (χ4n) is 0.214. The van der Waals surface area contributed by atoms with Crippen LogP contribution >= 0.6 is 8.03 Å². The first-order chi connectivity index (χ1) is 2.77. The second-order valence-electron chi connectivity index (χ2n) is 1.14. The minimum absolute atomic E-state index is 0. The third-order valence-corrected chi connectivity index (χ3v) is 1.39. The Morgan fingerprint density at radius 2 is 2.14 bits per heavy atom. The first-order valence-corrected chi connectivity index (χ1v) is 3.55. The third-order valence-electron chi connectivity index (χ3n) is 0.464. The van der Waals surface area contributed by atoms with Crippen LogP contribution < -0.4 is 0 Å². The second kappa shape index (κ2) is 6.81. The summed E-state index contributed by atoms with van der Waals surface area (Å²) in [5.41, 5.74) is 0. The van der Waals surface area contributed by atoms with Crippen LogP contribution in [0.3, 0.4) is 0 Å². The summed E-state index contributed by atoms with van der Waals surface area (Å²) in [5.74, 6) is 0. The van der Waals surface area contributed by atoms with Crippen LogP contribution in [0.2, 0.25) is 0 Å². The molecule has 0 radical (unpaired) electrons. The molecule has 4 heteroatoms. The predicted molar refractivity (Wildman–Crippen MR) is 26.4 cm³/mol. The maximum atomic E-state index is 9.78. The molecule has 0 aromatic carbocycles. The SMILES string of the molecule is CCC[PH](=O)O.[Zn]. The Morgan fingerprint density at radius 1 is 1.71 bits per heavy atom. The van der Waals surface area contributed by atoms with Crippen LogP contribution in [0.4, 0.5) is 0 Å². The molecular formula is C3H9O2PZn. The van der Waals surface area contributed by atoms with Gasteiger partial charge in [-0.05, 0) is 6.42 Å². The molecule has 0 heterocycles. The quantitative estimate of drug-likeness (QED) is 0.497. The fourth-order valence-corrected chi connectivity index (χ4v) is 0.642. The number of hydrogen-bond acceptors (Lipinski definition) is 1. The Bertz CT molecular complexity index is 56.9. The Hall–Kier alpha value is 0.813. The topological polar surface area (TPSA) is 37.3 Å². The van der Waals surface area contributed by atoms with E-state index in [0.29, 0.717) is 6.16 Å². The van der Waals surface area contributed by atoms with Gasteiger partial charge in [-0.25, -0.2) is 0 Å². The molecular weight excluding hydrogens is 164 g/mol. The van der Waals surface area contributed by atoms with Gasteiger partial charge in [-0.3, -0.25) is 4.57 Å². The molecule has 0 aromatic rings. The van der Waals surface area contributed by atoms with Crippen LogP contribution in [0, 0.1) is 0 Å². The summed E-state index contributed by atoms with van der Waals surface area (Å²) in [6.07, 6.45) is 1.29. The van der Waals surface area contributed by atoms with Crippen LogP contribution in [-0.2, 0) is 24.0 Å². The monoisotopic (exact) mass is 172 g/mol. The van der Waals surface area contributed by atoms with E-state index in [4.69, 9.17) is 4.89 Å². The summed E-state index contributed by atoms with van der Waals surface area (Å²) in [6, 6.07) is 0. The van der Waals surface area contributed by atoms with Crippen molar-refractivity contribution in [2.45, 2.75) is 13.3 Å². The van der Waals surface area contributed by atoms with E-state index in [1.807, 2.05) is 6.92 Å². The van der Waals surface area contributed by atoms with E-state index in [2.05, 4.69) is 0 Å². The molecule has 0 aliphatic carbocycles.